The van der Waals surface area contributed by atoms with Gasteiger partial charge in [-0.25, -0.2) is 9.37 Å². The van der Waals surface area contributed by atoms with Crippen molar-refractivity contribution in [1.29, 1.82) is 0 Å². The SMILES string of the molecule is COc1ccc(-c2nccn2[C@@H]2CCN[C@@H](C)C2)c(F)c1.Cl.Cl. The molecule has 1 N–H and O–H groups in total. The van der Waals surface area contributed by atoms with Gasteiger partial charge in [0.25, 0.3) is 0 Å². The van der Waals surface area contributed by atoms with Crippen LogP contribution in [0.15, 0.2) is 30.6 Å². The number of ether oxygens (including phenoxy) is 1. The molecule has 2 atom stereocenters. The van der Waals surface area contributed by atoms with E-state index < -0.39 is 0 Å². The standard InChI is InChI=1S/C16H20FN3O.2ClH/c1-11-9-12(5-6-18-11)20-8-7-19-16(20)14-4-3-13(21-2)10-15(14)17;;/h3-4,7-8,10-12,18H,5-6,9H2,1-2H3;2*1H/t11-,12+;;/m0../s1. The van der Waals surface area contributed by atoms with Gasteiger partial charge in [-0.2, -0.15) is 0 Å². The van der Waals surface area contributed by atoms with Crippen LogP contribution in [0.5, 0.6) is 5.75 Å². The second-order valence-corrected chi connectivity index (χ2v) is 5.54. The Kier molecular flexibility index (Phi) is 7.32. The van der Waals surface area contributed by atoms with Crippen molar-refractivity contribution < 1.29 is 9.13 Å². The molecule has 0 saturated carbocycles. The zero-order chi connectivity index (χ0) is 14.8. The largest absolute Gasteiger partial charge is 0.497 e. The van der Waals surface area contributed by atoms with E-state index in [1.54, 1.807) is 18.3 Å². The van der Waals surface area contributed by atoms with Gasteiger partial charge in [-0.1, -0.05) is 0 Å². The zero-order valence-corrected chi connectivity index (χ0v) is 14.8. The van der Waals surface area contributed by atoms with Gasteiger partial charge in [0.15, 0.2) is 0 Å². The number of imidazole rings is 1. The predicted octanol–water partition coefficient (Wildman–Crippen LogP) is 3.85. The molecule has 2 aromatic rings. The monoisotopic (exact) mass is 361 g/mol. The number of hydrogen-bond donors (Lipinski definition) is 1. The van der Waals surface area contributed by atoms with Gasteiger partial charge in [0.2, 0.25) is 0 Å². The Morgan fingerprint density at radius 1 is 1.35 bits per heavy atom. The van der Waals surface area contributed by atoms with E-state index in [4.69, 9.17) is 4.74 Å². The second kappa shape index (κ2) is 8.52. The highest BCUT2D eigenvalue weighted by Gasteiger charge is 2.23. The van der Waals surface area contributed by atoms with Crippen LogP contribution in [0.25, 0.3) is 11.4 Å². The Balaban J connectivity index is 0.00000132. The van der Waals surface area contributed by atoms with Crippen LogP contribution in [0.1, 0.15) is 25.8 Å². The number of nitrogens with one attached hydrogen (secondary N) is 1. The summed E-state index contributed by atoms with van der Waals surface area (Å²) in [6.45, 7) is 3.16. The summed E-state index contributed by atoms with van der Waals surface area (Å²) in [7, 11) is 1.53. The van der Waals surface area contributed by atoms with Crippen molar-refractivity contribution in [2.75, 3.05) is 13.7 Å². The first kappa shape index (κ1) is 19.7. The van der Waals surface area contributed by atoms with Gasteiger partial charge in [0, 0.05) is 30.5 Å². The minimum atomic E-state index is -0.302. The van der Waals surface area contributed by atoms with Gasteiger partial charge >= 0.3 is 0 Å². The van der Waals surface area contributed by atoms with E-state index >= 15 is 0 Å². The first-order valence-electron chi connectivity index (χ1n) is 7.29. The van der Waals surface area contributed by atoms with Crippen molar-refractivity contribution >= 4 is 24.8 Å². The Labute approximate surface area is 148 Å². The molecule has 0 unspecified atom stereocenters. The summed E-state index contributed by atoms with van der Waals surface area (Å²) >= 11 is 0. The molecule has 1 saturated heterocycles. The summed E-state index contributed by atoms with van der Waals surface area (Å²) in [5, 5.41) is 3.44. The highest BCUT2D eigenvalue weighted by Crippen LogP contribution is 2.30. The van der Waals surface area contributed by atoms with Crippen LogP contribution in [-0.2, 0) is 0 Å². The van der Waals surface area contributed by atoms with Gasteiger partial charge < -0.3 is 14.6 Å². The maximum atomic E-state index is 14.3. The van der Waals surface area contributed by atoms with Gasteiger partial charge in [-0.05, 0) is 38.4 Å². The number of hydrogen-bond acceptors (Lipinski definition) is 3. The molecule has 128 valence electrons. The van der Waals surface area contributed by atoms with Crippen molar-refractivity contribution in [2.24, 2.45) is 0 Å². The molecule has 0 bridgehead atoms. The highest BCUT2D eigenvalue weighted by molar-refractivity contribution is 5.85. The maximum Gasteiger partial charge on any atom is 0.143 e. The number of aromatic nitrogens is 2. The number of benzene rings is 1. The van der Waals surface area contributed by atoms with Crippen LogP contribution in [0, 0.1) is 5.82 Å². The topological polar surface area (TPSA) is 39.1 Å². The average Bonchev–Trinajstić information content (AvgIpc) is 2.96. The number of rotatable bonds is 3. The lowest BCUT2D eigenvalue weighted by Gasteiger charge is -2.30. The Morgan fingerprint density at radius 3 is 2.78 bits per heavy atom. The zero-order valence-electron chi connectivity index (χ0n) is 13.2. The lowest BCUT2D eigenvalue weighted by atomic mass is 10.00. The third-order valence-electron chi connectivity index (χ3n) is 4.08. The molecule has 2 heterocycles. The van der Waals surface area contributed by atoms with E-state index in [1.165, 1.54) is 13.2 Å². The smallest absolute Gasteiger partial charge is 0.143 e. The van der Waals surface area contributed by atoms with Crippen molar-refractivity contribution in [1.82, 2.24) is 14.9 Å². The van der Waals surface area contributed by atoms with E-state index in [2.05, 4.69) is 21.8 Å². The minimum Gasteiger partial charge on any atom is -0.497 e. The van der Waals surface area contributed by atoms with Crippen molar-refractivity contribution in [3.05, 3.63) is 36.4 Å². The summed E-state index contributed by atoms with van der Waals surface area (Å²) in [4.78, 5) is 4.36. The number of piperidine rings is 1. The number of nitrogens with zero attached hydrogens (tertiary/aromatic N) is 2. The summed E-state index contributed by atoms with van der Waals surface area (Å²) in [6, 6.07) is 5.74. The van der Waals surface area contributed by atoms with Crippen molar-refractivity contribution in [3.63, 3.8) is 0 Å². The Morgan fingerprint density at radius 2 is 2.13 bits per heavy atom. The van der Waals surface area contributed by atoms with Crippen molar-refractivity contribution in [2.45, 2.75) is 31.8 Å². The highest BCUT2D eigenvalue weighted by atomic mass is 35.5. The van der Waals surface area contributed by atoms with Crippen LogP contribution >= 0.6 is 24.8 Å². The molecule has 0 amide bonds. The predicted molar refractivity (Wildman–Crippen MR) is 94.4 cm³/mol. The number of halogens is 3. The van der Waals surface area contributed by atoms with Crippen LogP contribution < -0.4 is 10.1 Å². The van der Waals surface area contributed by atoms with E-state index in [9.17, 15) is 4.39 Å². The molecule has 3 rings (SSSR count). The van der Waals surface area contributed by atoms with E-state index in [1.807, 2.05) is 6.20 Å². The van der Waals surface area contributed by atoms with Gasteiger partial charge in [-0.15, -0.1) is 24.8 Å². The molecular weight excluding hydrogens is 340 g/mol. The molecule has 4 nitrogen and oxygen atoms in total. The summed E-state index contributed by atoms with van der Waals surface area (Å²) in [5.41, 5.74) is 0.520. The minimum absolute atomic E-state index is 0. The van der Waals surface area contributed by atoms with E-state index in [-0.39, 0.29) is 30.6 Å². The van der Waals surface area contributed by atoms with E-state index in [0.29, 0.717) is 29.2 Å². The van der Waals surface area contributed by atoms with Crippen molar-refractivity contribution in [3.8, 4) is 17.1 Å². The molecule has 1 aliphatic heterocycles. The third-order valence-corrected chi connectivity index (χ3v) is 4.08. The van der Waals surface area contributed by atoms with Crippen LogP contribution in [0.3, 0.4) is 0 Å². The second-order valence-electron chi connectivity index (χ2n) is 5.54. The lowest BCUT2D eigenvalue weighted by Crippen LogP contribution is -2.36. The molecule has 1 aromatic heterocycles. The molecule has 1 aliphatic rings. The fourth-order valence-electron chi connectivity index (χ4n) is 2.98. The van der Waals surface area contributed by atoms with Gasteiger partial charge in [0.05, 0.1) is 12.7 Å². The van der Waals surface area contributed by atoms with Crippen LogP contribution in [-0.4, -0.2) is 29.2 Å². The fourth-order valence-corrected chi connectivity index (χ4v) is 2.98. The van der Waals surface area contributed by atoms with Gasteiger partial charge in [0.1, 0.15) is 17.4 Å². The fraction of sp³-hybridized carbons (Fsp3) is 0.438. The number of methoxy groups -OCH3 is 1. The molecule has 0 radical (unpaired) electrons. The first-order valence-corrected chi connectivity index (χ1v) is 7.29. The summed E-state index contributed by atoms with van der Waals surface area (Å²) in [5.74, 6) is 0.905. The molecule has 7 heteroatoms. The van der Waals surface area contributed by atoms with Crippen LogP contribution in [0.2, 0.25) is 0 Å². The van der Waals surface area contributed by atoms with E-state index in [0.717, 1.165) is 19.4 Å². The molecular formula is C16H22Cl2FN3O. The quantitative estimate of drug-likeness (QED) is 0.902. The summed E-state index contributed by atoms with van der Waals surface area (Å²) in [6.07, 6.45) is 5.75. The molecule has 0 aliphatic carbocycles. The van der Waals surface area contributed by atoms with Crippen LogP contribution in [0.4, 0.5) is 4.39 Å². The molecule has 0 spiro atoms. The molecule has 1 aromatic carbocycles. The normalized spacial score (nSPS) is 20.3. The molecule has 23 heavy (non-hydrogen) atoms. The lowest BCUT2D eigenvalue weighted by molar-refractivity contribution is 0.315. The average molecular weight is 362 g/mol. The third kappa shape index (κ3) is 4.16. The Bertz CT molecular complexity index is 636. The first-order chi connectivity index (χ1) is 10.2. The van der Waals surface area contributed by atoms with Gasteiger partial charge in [-0.3, -0.25) is 0 Å². The maximum absolute atomic E-state index is 14.3. The Hall–Kier alpha value is -1.30. The molecule has 1 fully saturated rings. The summed E-state index contributed by atoms with van der Waals surface area (Å²) < 4.78 is 21.4.